The van der Waals surface area contributed by atoms with Gasteiger partial charge in [0, 0.05) is 55.3 Å². The van der Waals surface area contributed by atoms with Gasteiger partial charge < -0.3 is 20.3 Å². The first-order chi connectivity index (χ1) is 20.4. The zero-order chi connectivity index (χ0) is 32.7. The van der Waals surface area contributed by atoms with Crippen LogP contribution < -0.4 is 73.5 Å². The van der Waals surface area contributed by atoms with Gasteiger partial charge in [-0.1, -0.05) is 13.8 Å². The molecule has 0 unspecified atom stereocenters. The Morgan fingerprint density at radius 3 is 1.98 bits per heavy atom. The van der Waals surface area contributed by atoms with Crippen molar-refractivity contribution in [2.45, 2.75) is 53.6 Å². The fourth-order valence-corrected chi connectivity index (χ4v) is 4.79. The third kappa shape index (κ3) is 13.0. The fourth-order valence-electron chi connectivity index (χ4n) is 3.47. The van der Waals surface area contributed by atoms with Gasteiger partial charge in [0.05, 0.1) is 25.8 Å². The number of esters is 2. The van der Waals surface area contributed by atoms with Crippen LogP contribution in [0.4, 0.5) is 5.82 Å². The first-order valence-electron chi connectivity index (χ1n) is 13.2. The number of hydrogen-bond donors (Lipinski definition) is 3. The number of aryl methyl sites for hydroxylation is 2. The topological polar surface area (TPSA) is 217 Å². The molecule has 0 saturated heterocycles. The van der Waals surface area contributed by atoms with Crippen molar-refractivity contribution in [2.24, 2.45) is 19.9 Å². The van der Waals surface area contributed by atoms with Gasteiger partial charge in [-0.25, -0.2) is 14.3 Å². The van der Waals surface area contributed by atoms with Crippen LogP contribution in [0.3, 0.4) is 0 Å². The van der Waals surface area contributed by atoms with E-state index in [2.05, 4.69) is 70.6 Å². The predicted octanol–water partition coefficient (Wildman–Crippen LogP) is -1.32. The number of nitriles is 1. The zero-order valence-corrected chi connectivity index (χ0v) is 33.4. The standard InChI is InChI=1S/C13H18IN5O2.C8H11NO3.C5H9IN4.K/c1-4-9-10(13(20)21-5-2)16-19(12(9)15)7-8-6-18(3)17-11(8)14;1-3-6(5-9)7(10)8(11)12-4-2;1-10-3-4(2-8-7)5(6)9-10;/h6H,4-5,7,15H2,1-3H3;10H,3-4H2,1-2H3;3,8H,2,7H2,1H3;/q;;;+1/p-1/b;7-6+;;. The number of nitrogens with zero attached hydrogens (tertiary/aromatic N) is 7. The van der Waals surface area contributed by atoms with Crippen molar-refractivity contribution in [1.82, 2.24) is 34.8 Å². The number of halogens is 2. The van der Waals surface area contributed by atoms with E-state index in [1.807, 2.05) is 33.4 Å². The second-order valence-corrected chi connectivity index (χ2v) is 10.6. The van der Waals surface area contributed by atoms with E-state index < -0.39 is 17.7 Å². The van der Waals surface area contributed by atoms with Crippen molar-refractivity contribution in [3.8, 4) is 6.07 Å². The Kier molecular flexibility index (Phi) is 21.2. The molecule has 0 bridgehead atoms. The molecule has 18 heteroatoms. The van der Waals surface area contributed by atoms with Crippen molar-refractivity contribution in [1.29, 1.82) is 5.26 Å². The summed E-state index contributed by atoms with van der Waals surface area (Å²) >= 11 is 4.34. The summed E-state index contributed by atoms with van der Waals surface area (Å²) in [6.07, 6.45) is 4.75. The van der Waals surface area contributed by atoms with Gasteiger partial charge in [0.25, 0.3) is 0 Å². The second kappa shape index (κ2) is 22.0. The molecule has 0 saturated carbocycles. The molecule has 44 heavy (non-hydrogen) atoms. The van der Waals surface area contributed by atoms with Gasteiger partial charge in [0.2, 0.25) is 0 Å². The molecule has 0 aromatic carbocycles. The van der Waals surface area contributed by atoms with Crippen molar-refractivity contribution in [2.75, 3.05) is 18.9 Å². The van der Waals surface area contributed by atoms with E-state index in [1.165, 1.54) is 0 Å². The van der Waals surface area contributed by atoms with E-state index in [-0.39, 0.29) is 70.0 Å². The monoisotopic (exact) mass is 862 g/mol. The minimum absolute atomic E-state index is 0. The Balaban J connectivity index is 0.000000686. The molecule has 0 atom stereocenters. The van der Waals surface area contributed by atoms with Crippen LogP contribution in [0.1, 0.15) is 61.3 Å². The summed E-state index contributed by atoms with van der Waals surface area (Å²) in [5.74, 6) is 3.44. The van der Waals surface area contributed by atoms with Crippen LogP contribution in [-0.2, 0) is 47.9 Å². The van der Waals surface area contributed by atoms with Crippen molar-refractivity contribution in [3.05, 3.63) is 53.5 Å². The summed E-state index contributed by atoms with van der Waals surface area (Å²) in [7, 11) is 3.75. The molecule has 15 nitrogen and oxygen atoms in total. The number of hydrogen-bond acceptors (Lipinski definition) is 12. The van der Waals surface area contributed by atoms with Gasteiger partial charge in [-0.15, -0.1) is 0 Å². The number of ether oxygens (including phenoxy) is 2. The normalized spacial score (nSPS) is 10.6. The largest absolute Gasteiger partial charge is 1.00 e. The van der Waals surface area contributed by atoms with Crippen LogP contribution in [-0.4, -0.2) is 54.5 Å². The van der Waals surface area contributed by atoms with Gasteiger partial charge in [-0.3, -0.25) is 20.6 Å². The van der Waals surface area contributed by atoms with Gasteiger partial charge in [-0.05, 0) is 77.6 Å². The molecule has 3 heterocycles. The van der Waals surface area contributed by atoms with Crippen LogP contribution in [0.5, 0.6) is 0 Å². The average molecular weight is 863 g/mol. The Bertz CT molecular complexity index is 1450. The molecule has 0 amide bonds. The Morgan fingerprint density at radius 1 is 1.02 bits per heavy atom. The van der Waals surface area contributed by atoms with Crippen LogP contribution in [0, 0.1) is 18.7 Å². The zero-order valence-electron chi connectivity index (χ0n) is 26.0. The van der Waals surface area contributed by atoms with E-state index >= 15 is 0 Å². The number of carbonyl (C=O) groups is 2. The number of anilines is 1. The smallest absolute Gasteiger partial charge is 0.867 e. The van der Waals surface area contributed by atoms with Crippen LogP contribution in [0.2, 0.25) is 0 Å². The maximum atomic E-state index is 11.9. The number of carbonyl (C=O) groups excluding carboxylic acids is 2. The predicted molar refractivity (Wildman–Crippen MR) is 174 cm³/mol. The molecule has 3 aromatic rings. The van der Waals surface area contributed by atoms with Gasteiger partial charge in [0.15, 0.2) is 5.69 Å². The summed E-state index contributed by atoms with van der Waals surface area (Å²) in [5, 5.41) is 32.1. The summed E-state index contributed by atoms with van der Waals surface area (Å²) < 4.78 is 16.5. The second-order valence-electron chi connectivity index (χ2n) is 8.56. The summed E-state index contributed by atoms with van der Waals surface area (Å²) in [5.41, 5.74) is 11.8. The van der Waals surface area contributed by atoms with Crippen molar-refractivity contribution in [3.63, 3.8) is 0 Å². The first-order valence-corrected chi connectivity index (χ1v) is 15.3. The number of nitrogens with one attached hydrogen (secondary N) is 1. The van der Waals surface area contributed by atoms with Gasteiger partial charge >= 0.3 is 63.3 Å². The van der Waals surface area contributed by atoms with Crippen molar-refractivity contribution >= 4 is 62.9 Å². The van der Waals surface area contributed by atoms with E-state index in [9.17, 15) is 14.7 Å². The molecule has 5 N–H and O–H groups in total. The Morgan fingerprint density at radius 2 is 1.57 bits per heavy atom. The molecule has 0 aliphatic heterocycles. The van der Waals surface area contributed by atoms with E-state index in [0.717, 1.165) is 24.1 Å². The molecular formula is C26H37I2KN10O5. The number of nitrogen functional groups attached to an aromatic ring is 1. The molecule has 3 aromatic heterocycles. The van der Waals surface area contributed by atoms with Gasteiger partial charge in [0.1, 0.15) is 13.2 Å². The van der Waals surface area contributed by atoms with Gasteiger partial charge in [-0.2, -0.15) is 20.6 Å². The quantitative estimate of drug-likeness (QED) is 0.0317. The fraction of sp³-hybridized carbons (Fsp3) is 0.462. The van der Waals surface area contributed by atoms with Crippen LogP contribution in [0.25, 0.3) is 0 Å². The van der Waals surface area contributed by atoms with Crippen molar-refractivity contribution < 1.29 is 75.6 Å². The molecule has 0 aliphatic carbocycles. The maximum absolute atomic E-state index is 11.9. The SMILES string of the molecule is CCOC(=O)/C([O-])=C(\C#N)CC.CCOC(=O)c1nn(Cc2cn(C)nc2I)c(N)c1CC.Cn1cc(CNN)c(I)n1.[K+]. The third-order valence-electron chi connectivity index (χ3n) is 5.46. The average Bonchev–Trinajstić information content (AvgIpc) is 3.58. The number of hydrazine groups is 1. The summed E-state index contributed by atoms with van der Waals surface area (Å²) in [6, 6.07) is 1.66. The van der Waals surface area contributed by atoms with E-state index in [0.29, 0.717) is 37.6 Å². The summed E-state index contributed by atoms with van der Waals surface area (Å²) in [4.78, 5) is 22.7. The number of aromatic nitrogens is 6. The van der Waals surface area contributed by atoms with E-state index in [4.69, 9.17) is 21.6 Å². The summed E-state index contributed by atoms with van der Waals surface area (Å²) in [6.45, 7) is 8.55. The maximum Gasteiger partial charge on any atom is 1.00 e. The van der Waals surface area contributed by atoms with Crippen LogP contribution >= 0.6 is 45.2 Å². The third-order valence-corrected chi connectivity index (χ3v) is 7.28. The minimum atomic E-state index is -0.948. The van der Waals surface area contributed by atoms with Crippen LogP contribution in [0.15, 0.2) is 23.7 Å². The molecule has 0 aliphatic rings. The minimum Gasteiger partial charge on any atom is -0.867 e. The Labute approximate surface area is 326 Å². The first kappa shape index (κ1) is 42.4. The molecular weight excluding hydrogens is 825 g/mol. The molecule has 0 spiro atoms. The number of allylic oxidation sites excluding steroid dienone is 1. The molecule has 0 radical (unpaired) electrons. The van der Waals surface area contributed by atoms with E-state index in [1.54, 1.807) is 40.9 Å². The Hall–Kier alpha value is -1.58. The molecule has 0 fully saturated rings. The molecule has 3 rings (SSSR count). The molecule has 236 valence electrons. The number of rotatable bonds is 10. The number of nitrogens with two attached hydrogens (primary N) is 2.